The summed E-state index contributed by atoms with van der Waals surface area (Å²) in [5, 5.41) is 3.53. The number of aromatic amines is 1. The maximum Gasteiger partial charge on any atom is 0.251 e. The average molecular weight is 454 g/mol. The fourth-order valence-corrected chi connectivity index (χ4v) is 3.64. The van der Waals surface area contributed by atoms with Gasteiger partial charge in [-0.3, -0.25) is 9.59 Å². The quantitative estimate of drug-likeness (QED) is 0.223. The molecule has 168 valence electrons. The molecule has 1 amide bonds. The number of fused-ring (bicyclic) bond motifs is 1. The highest BCUT2D eigenvalue weighted by Crippen LogP contribution is 2.25. The van der Waals surface area contributed by atoms with Gasteiger partial charge in [-0.1, -0.05) is 37.9 Å². The minimum Gasteiger partial charge on any atom is -0.496 e. The highest BCUT2D eigenvalue weighted by atomic mass is 35.5. The zero-order valence-corrected chi connectivity index (χ0v) is 19.4. The summed E-state index contributed by atoms with van der Waals surface area (Å²) >= 11 is 6.03. The van der Waals surface area contributed by atoms with Crippen LogP contribution in [0.15, 0.2) is 48.6 Å². The predicted octanol–water partition coefficient (Wildman–Crippen LogP) is 6.04. The molecule has 32 heavy (non-hydrogen) atoms. The Bertz CT molecular complexity index is 1150. The molecule has 0 spiro atoms. The van der Waals surface area contributed by atoms with E-state index in [-0.39, 0.29) is 17.7 Å². The van der Waals surface area contributed by atoms with E-state index in [4.69, 9.17) is 16.3 Å². The fourth-order valence-electron chi connectivity index (χ4n) is 3.47. The number of benzene rings is 2. The van der Waals surface area contributed by atoms with Gasteiger partial charge in [0.05, 0.1) is 29.7 Å². The van der Waals surface area contributed by atoms with Gasteiger partial charge >= 0.3 is 0 Å². The molecule has 0 aliphatic rings. The number of allylic oxidation sites excluding steroid dienone is 1. The molecule has 0 saturated heterocycles. The number of carbonyl (C=O) groups is 2. The summed E-state index contributed by atoms with van der Waals surface area (Å²) in [6, 6.07) is 9.84. The summed E-state index contributed by atoms with van der Waals surface area (Å²) in [6.07, 6.45) is 3.71. The molecule has 1 aromatic heterocycles. The van der Waals surface area contributed by atoms with E-state index in [0.717, 1.165) is 30.3 Å². The van der Waals surface area contributed by atoms with Gasteiger partial charge in [0, 0.05) is 10.6 Å². The molecule has 3 aromatic rings. The van der Waals surface area contributed by atoms with Crippen LogP contribution >= 0.6 is 11.6 Å². The highest BCUT2D eigenvalue weighted by Gasteiger charge is 2.19. The van der Waals surface area contributed by atoms with E-state index in [1.54, 1.807) is 30.3 Å². The van der Waals surface area contributed by atoms with Crippen molar-refractivity contribution >= 4 is 34.3 Å². The first-order chi connectivity index (χ1) is 15.3. The number of carbonyl (C=O) groups excluding carboxylic acids is 2. The Kier molecular flexibility index (Phi) is 7.70. The van der Waals surface area contributed by atoms with Crippen molar-refractivity contribution in [2.45, 2.75) is 45.6 Å². The number of ketones is 1. The Balaban J connectivity index is 1.73. The first-order valence-corrected chi connectivity index (χ1v) is 11.1. The standard InChI is InChI=1S/C25H28ClN3O3/c1-5-6-7-8-15(2)23(30)19-11-9-17(13-22(19)32-4)25(31)27-16(3)24-28-20-12-10-18(26)14-21(20)29-24/h9-14,16H,2,5-8H2,1,3-4H3,(H,27,31)(H,28,29). The van der Waals surface area contributed by atoms with Crippen LogP contribution in [-0.2, 0) is 0 Å². The van der Waals surface area contributed by atoms with Gasteiger partial charge in [0.15, 0.2) is 5.78 Å². The van der Waals surface area contributed by atoms with Crippen molar-refractivity contribution in [2.24, 2.45) is 0 Å². The number of amides is 1. The molecule has 0 fully saturated rings. The Hall–Kier alpha value is -3.12. The first-order valence-electron chi connectivity index (χ1n) is 10.7. The normalized spacial score (nSPS) is 11.9. The number of imidazole rings is 1. The molecule has 2 aromatic carbocycles. The van der Waals surface area contributed by atoms with Crippen molar-refractivity contribution < 1.29 is 14.3 Å². The number of Topliss-reactive ketones (excluding diaryl/α,β-unsaturated/α-hetero) is 1. The zero-order chi connectivity index (χ0) is 23.3. The predicted molar refractivity (Wildman–Crippen MR) is 128 cm³/mol. The number of hydrogen-bond donors (Lipinski definition) is 2. The van der Waals surface area contributed by atoms with Crippen LogP contribution in [0.5, 0.6) is 5.75 Å². The van der Waals surface area contributed by atoms with Gasteiger partial charge in [-0.05, 0) is 61.7 Å². The van der Waals surface area contributed by atoms with E-state index in [1.807, 2.05) is 13.0 Å². The lowest BCUT2D eigenvalue weighted by molar-refractivity contribution is 0.0936. The maximum atomic E-state index is 12.8. The topological polar surface area (TPSA) is 84.1 Å². The number of ether oxygens (including phenoxy) is 1. The third-order valence-corrected chi connectivity index (χ3v) is 5.57. The Morgan fingerprint density at radius 3 is 2.72 bits per heavy atom. The Labute approximate surface area is 193 Å². The lowest BCUT2D eigenvalue weighted by atomic mass is 9.98. The monoisotopic (exact) mass is 453 g/mol. The lowest BCUT2D eigenvalue weighted by Crippen LogP contribution is -2.27. The van der Waals surface area contributed by atoms with E-state index in [0.29, 0.717) is 39.7 Å². The van der Waals surface area contributed by atoms with Crippen LogP contribution < -0.4 is 10.1 Å². The molecular weight excluding hydrogens is 426 g/mol. The molecule has 6 nitrogen and oxygen atoms in total. The third kappa shape index (κ3) is 5.37. The number of H-pyrrole nitrogens is 1. The molecule has 1 atom stereocenters. The minimum atomic E-state index is -0.362. The lowest BCUT2D eigenvalue weighted by Gasteiger charge is -2.14. The average Bonchev–Trinajstić information content (AvgIpc) is 3.21. The van der Waals surface area contributed by atoms with Gasteiger partial charge in [0.2, 0.25) is 0 Å². The number of rotatable bonds is 10. The van der Waals surface area contributed by atoms with Gasteiger partial charge < -0.3 is 15.0 Å². The smallest absolute Gasteiger partial charge is 0.251 e. The summed E-state index contributed by atoms with van der Waals surface area (Å²) in [6.45, 7) is 7.88. The van der Waals surface area contributed by atoms with Gasteiger partial charge in [0.25, 0.3) is 5.91 Å². The second kappa shape index (κ2) is 10.5. The van der Waals surface area contributed by atoms with Gasteiger partial charge in [-0.2, -0.15) is 0 Å². The fraction of sp³-hybridized carbons (Fsp3) is 0.320. The largest absolute Gasteiger partial charge is 0.496 e. The Morgan fingerprint density at radius 1 is 1.22 bits per heavy atom. The highest BCUT2D eigenvalue weighted by molar-refractivity contribution is 6.31. The summed E-state index contributed by atoms with van der Waals surface area (Å²) in [4.78, 5) is 33.3. The number of aromatic nitrogens is 2. The summed E-state index contributed by atoms with van der Waals surface area (Å²) in [5.74, 6) is 0.525. The molecule has 2 N–H and O–H groups in total. The van der Waals surface area contributed by atoms with E-state index in [9.17, 15) is 9.59 Å². The summed E-state index contributed by atoms with van der Waals surface area (Å²) in [5.41, 5.74) is 2.92. The first kappa shape index (κ1) is 23.5. The van der Waals surface area contributed by atoms with Crippen LogP contribution in [0.4, 0.5) is 0 Å². The van der Waals surface area contributed by atoms with Crippen molar-refractivity contribution in [3.63, 3.8) is 0 Å². The SMILES string of the molecule is C=C(CCCCC)C(=O)c1ccc(C(=O)NC(C)c2nc3ccc(Cl)cc3[nH]2)cc1OC. The van der Waals surface area contributed by atoms with Crippen molar-refractivity contribution in [3.8, 4) is 5.75 Å². The maximum absolute atomic E-state index is 12.8. The van der Waals surface area contributed by atoms with Gasteiger partial charge in [0.1, 0.15) is 11.6 Å². The second-order valence-electron chi connectivity index (χ2n) is 7.78. The van der Waals surface area contributed by atoms with Gasteiger partial charge in [-0.25, -0.2) is 4.98 Å². The number of hydrogen-bond acceptors (Lipinski definition) is 4. The number of methoxy groups -OCH3 is 1. The van der Waals surface area contributed by atoms with Crippen molar-refractivity contribution in [1.29, 1.82) is 0 Å². The number of halogens is 1. The van der Waals surface area contributed by atoms with Crippen molar-refractivity contribution in [1.82, 2.24) is 15.3 Å². The number of nitrogens with one attached hydrogen (secondary N) is 2. The van der Waals surface area contributed by atoms with E-state index < -0.39 is 0 Å². The van der Waals surface area contributed by atoms with E-state index >= 15 is 0 Å². The van der Waals surface area contributed by atoms with Crippen LogP contribution in [0.25, 0.3) is 11.0 Å². The molecule has 1 heterocycles. The van der Waals surface area contributed by atoms with Crippen molar-refractivity contribution in [3.05, 3.63) is 70.5 Å². The van der Waals surface area contributed by atoms with E-state index in [1.165, 1.54) is 7.11 Å². The van der Waals surface area contributed by atoms with Crippen LogP contribution in [0.2, 0.25) is 5.02 Å². The Morgan fingerprint density at radius 2 is 2.00 bits per heavy atom. The minimum absolute atomic E-state index is 0.154. The third-order valence-electron chi connectivity index (χ3n) is 5.33. The molecule has 3 rings (SSSR count). The number of unbranched alkanes of at least 4 members (excludes halogenated alkanes) is 2. The molecule has 0 aliphatic heterocycles. The summed E-state index contributed by atoms with van der Waals surface area (Å²) in [7, 11) is 1.48. The van der Waals surface area contributed by atoms with Crippen LogP contribution in [-0.4, -0.2) is 28.8 Å². The summed E-state index contributed by atoms with van der Waals surface area (Å²) < 4.78 is 5.40. The van der Waals surface area contributed by atoms with E-state index in [2.05, 4.69) is 28.8 Å². The number of nitrogens with zero attached hydrogens (tertiary/aromatic N) is 1. The van der Waals surface area contributed by atoms with Crippen LogP contribution in [0.1, 0.15) is 72.1 Å². The zero-order valence-electron chi connectivity index (χ0n) is 18.6. The molecule has 0 bridgehead atoms. The molecule has 0 aliphatic carbocycles. The molecule has 7 heteroatoms. The van der Waals surface area contributed by atoms with Crippen LogP contribution in [0, 0.1) is 0 Å². The van der Waals surface area contributed by atoms with Gasteiger partial charge in [-0.15, -0.1) is 0 Å². The molecular formula is C25H28ClN3O3. The molecule has 0 radical (unpaired) electrons. The second-order valence-corrected chi connectivity index (χ2v) is 8.22. The molecule has 0 saturated carbocycles. The van der Waals surface area contributed by atoms with Crippen LogP contribution in [0.3, 0.4) is 0 Å². The molecule has 1 unspecified atom stereocenters. The van der Waals surface area contributed by atoms with Crippen molar-refractivity contribution in [2.75, 3.05) is 7.11 Å².